The fraction of sp³-hybridized carbons (Fsp3) is 0.875. The van der Waals surface area contributed by atoms with Crippen molar-refractivity contribution in [3.63, 3.8) is 0 Å². The lowest BCUT2D eigenvalue weighted by atomic mass is 10.2. The molecule has 0 radical (unpaired) electrons. The molecule has 0 bridgehead atoms. The Bertz CT molecular complexity index is 296. The molecule has 0 aromatic heterocycles. The second-order valence-electron chi connectivity index (χ2n) is 6.36. The first-order valence-corrected chi connectivity index (χ1v) is 8.05. The number of rotatable bonds is 7. The van der Waals surface area contributed by atoms with Gasteiger partial charge in [0.15, 0.2) is 11.9 Å². The van der Waals surface area contributed by atoms with Gasteiger partial charge in [-0.1, -0.05) is 12.8 Å². The van der Waals surface area contributed by atoms with E-state index in [1.165, 1.54) is 12.8 Å². The summed E-state index contributed by atoms with van der Waals surface area (Å²) in [6, 6.07) is 0. The Morgan fingerprint density at radius 3 is 1.00 bits per heavy atom. The Morgan fingerprint density at radius 2 is 0.783 bits per heavy atom. The average molecular weight is 440 g/mol. The molecule has 0 aliphatic carbocycles. The van der Waals surface area contributed by atoms with Crippen molar-refractivity contribution in [3.8, 4) is 0 Å². The summed E-state index contributed by atoms with van der Waals surface area (Å²) >= 11 is 0. The van der Waals surface area contributed by atoms with Crippen LogP contribution in [0.3, 0.4) is 0 Å². The van der Waals surface area contributed by atoms with Crippen LogP contribution in [0.4, 0.5) is 0 Å². The predicted octanol–water partition coefficient (Wildman–Crippen LogP) is 2.12. The summed E-state index contributed by atoms with van der Waals surface area (Å²) in [7, 11) is 16.3. The van der Waals surface area contributed by atoms with Crippen molar-refractivity contribution >= 4 is 35.9 Å². The molecule has 0 N–H and O–H groups in total. The predicted molar refractivity (Wildman–Crippen MR) is 113 cm³/mol. The lowest BCUT2D eigenvalue weighted by Crippen LogP contribution is -2.35. The first kappa shape index (κ1) is 24.5. The van der Waals surface area contributed by atoms with Gasteiger partial charge in [0.2, 0.25) is 0 Å². The number of nitrogens with zero attached hydrogens (tertiary/aromatic N) is 6. The zero-order valence-corrected chi connectivity index (χ0v) is 18.7. The highest BCUT2D eigenvalue weighted by Gasteiger charge is 2.04. The van der Waals surface area contributed by atoms with Crippen molar-refractivity contribution in [1.82, 2.24) is 19.6 Å². The summed E-state index contributed by atoms with van der Waals surface area (Å²) < 4.78 is 0. The number of hydrogen-bond donors (Lipinski definition) is 0. The second kappa shape index (κ2) is 13.7. The molecular formula is C16H37IN6. The van der Waals surface area contributed by atoms with Gasteiger partial charge in [-0.25, -0.2) is 0 Å². The van der Waals surface area contributed by atoms with Crippen molar-refractivity contribution in [3.05, 3.63) is 0 Å². The van der Waals surface area contributed by atoms with Gasteiger partial charge in [-0.3, -0.25) is 9.98 Å². The van der Waals surface area contributed by atoms with Gasteiger partial charge in [-0.2, -0.15) is 0 Å². The summed E-state index contributed by atoms with van der Waals surface area (Å²) in [4.78, 5) is 17.5. The summed E-state index contributed by atoms with van der Waals surface area (Å²) in [6.07, 6.45) is 4.71. The SMILES string of the molecule is CN(C)C(=NCCCCCCN=C(N(C)C)N(C)C)N(C)C.I. The van der Waals surface area contributed by atoms with Crippen molar-refractivity contribution in [2.45, 2.75) is 25.7 Å². The highest BCUT2D eigenvalue weighted by atomic mass is 127. The van der Waals surface area contributed by atoms with E-state index in [0.717, 1.165) is 37.9 Å². The molecule has 0 aliphatic rings. The maximum Gasteiger partial charge on any atom is 0.195 e. The minimum absolute atomic E-state index is 0. The fourth-order valence-corrected chi connectivity index (χ4v) is 2.30. The topological polar surface area (TPSA) is 37.7 Å². The highest BCUT2D eigenvalue weighted by Crippen LogP contribution is 2.02. The molecule has 6 nitrogen and oxygen atoms in total. The van der Waals surface area contributed by atoms with E-state index in [0.29, 0.717) is 0 Å². The Labute approximate surface area is 160 Å². The van der Waals surface area contributed by atoms with E-state index in [9.17, 15) is 0 Å². The van der Waals surface area contributed by atoms with Crippen LogP contribution in [0.1, 0.15) is 25.7 Å². The van der Waals surface area contributed by atoms with Crippen molar-refractivity contribution in [2.75, 3.05) is 69.5 Å². The summed E-state index contributed by atoms with van der Waals surface area (Å²) in [5, 5.41) is 0. The van der Waals surface area contributed by atoms with Gasteiger partial charge < -0.3 is 19.6 Å². The van der Waals surface area contributed by atoms with E-state index in [2.05, 4.69) is 29.6 Å². The monoisotopic (exact) mass is 440 g/mol. The van der Waals surface area contributed by atoms with Crippen molar-refractivity contribution in [1.29, 1.82) is 0 Å². The molecule has 0 fully saturated rings. The smallest absolute Gasteiger partial charge is 0.195 e. The van der Waals surface area contributed by atoms with Crippen molar-refractivity contribution in [2.24, 2.45) is 9.98 Å². The number of guanidine groups is 2. The Kier molecular flexibility index (Phi) is 14.6. The van der Waals surface area contributed by atoms with Gasteiger partial charge in [0.25, 0.3) is 0 Å². The van der Waals surface area contributed by atoms with E-state index >= 15 is 0 Å². The van der Waals surface area contributed by atoms with Crippen LogP contribution in [-0.2, 0) is 0 Å². The van der Waals surface area contributed by atoms with Crippen LogP contribution < -0.4 is 0 Å². The van der Waals surface area contributed by atoms with Gasteiger partial charge in [-0.05, 0) is 12.8 Å². The number of aliphatic imine (C=N–C) groups is 2. The number of halogens is 1. The minimum Gasteiger partial charge on any atom is -0.349 e. The zero-order valence-electron chi connectivity index (χ0n) is 16.3. The van der Waals surface area contributed by atoms with Crippen LogP contribution in [0.2, 0.25) is 0 Å². The molecule has 0 rings (SSSR count). The number of unbranched alkanes of at least 4 members (excludes halogenated alkanes) is 3. The largest absolute Gasteiger partial charge is 0.349 e. The van der Waals surface area contributed by atoms with Gasteiger partial charge >= 0.3 is 0 Å². The maximum absolute atomic E-state index is 4.64. The summed E-state index contributed by atoms with van der Waals surface area (Å²) in [5.41, 5.74) is 0. The molecule has 0 aliphatic heterocycles. The van der Waals surface area contributed by atoms with Crippen LogP contribution in [0.5, 0.6) is 0 Å². The van der Waals surface area contributed by atoms with E-state index < -0.39 is 0 Å². The Morgan fingerprint density at radius 1 is 0.522 bits per heavy atom. The Balaban J connectivity index is 0. The molecule has 0 atom stereocenters. The third-order valence-corrected chi connectivity index (χ3v) is 3.17. The molecule has 0 aromatic carbocycles. The minimum atomic E-state index is 0. The first-order chi connectivity index (χ1) is 10.3. The molecule has 0 aromatic rings. The van der Waals surface area contributed by atoms with E-state index in [1.54, 1.807) is 0 Å². The lowest BCUT2D eigenvalue weighted by molar-refractivity contribution is 0.476. The quantitative estimate of drug-likeness (QED) is 0.263. The third-order valence-electron chi connectivity index (χ3n) is 3.17. The molecule has 23 heavy (non-hydrogen) atoms. The number of hydrogen-bond acceptors (Lipinski definition) is 2. The van der Waals surface area contributed by atoms with Gasteiger partial charge in [0.1, 0.15) is 0 Å². The molecule has 0 unspecified atom stereocenters. The molecular weight excluding hydrogens is 403 g/mol. The van der Waals surface area contributed by atoms with E-state index in [1.807, 2.05) is 56.4 Å². The molecule has 0 saturated heterocycles. The van der Waals surface area contributed by atoms with E-state index in [4.69, 9.17) is 0 Å². The lowest BCUT2D eigenvalue weighted by Gasteiger charge is -2.22. The molecule has 0 spiro atoms. The van der Waals surface area contributed by atoms with Gasteiger partial charge in [-0.15, -0.1) is 24.0 Å². The average Bonchev–Trinajstić information content (AvgIpc) is 2.38. The first-order valence-electron chi connectivity index (χ1n) is 8.05. The maximum atomic E-state index is 4.64. The van der Waals surface area contributed by atoms with Crippen LogP contribution in [-0.4, -0.2) is 101 Å². The van der Waals surface area contributed by atoms with Crippen LogP contribution >= 0.6 is 24.0 Å². The second-order valence-corrected chi connectivity index (χ2v) is 6.36. The standard InChI is InChI=1S/C16H36N6.HI/c1-19(2)15(20(3)4)17-13-11-9-10-12-14-18-16(21(5)6)22(7)8;/h9-14H2,1-8H3;1H. The molecule has 0 amide bonds. The summed E-state index contributed by atoms with van der Waals surface area (Å²) in [6.45, 7) is 1.80. The van der Waals surface area contributed by atoms with Crippen LogP contribution in [0, 0.1) is 0 Å². The summed E-state index contributed by atoms with van der Waals surface area (Å²) in [5.74, 6) is 2.07. The Hall–Kier alpha value is -0.730. The molecule has 138 valence electrons. The van der Waals surface area contributed by atoms with Crippen LogP contribution in [0.25, 0.3) is 0 Å². The third kappa shape index (κ3) is 11.4. The molecule has 0 heterocycles. The normalized spacial score (nSPS) is 9.57. The zero-order chi connectivity index (χ0) is 17.1. The van der Waals surface area contributed by atoms with E-state index in [-0.39, 0.29) is 24.0 Å². The van der Waals surface area contributed by atoms with Gasteiger partial charge in [0.05, 0.1) is 0 Å². The van der Waals surface area contributed by atoms with Gasteiger partial charge in [0, 0.05) is 69.5 Å². The van der Waals surface area contributed by atoms with Crippen molar-refractivity contribution < 1.29 is 0 Å². The highest BCUT2D eigenvalue weighted by molar-refractivity contribution is 14.0. The molecule has 7 heteroatoms. The fourth-order valence-electron chi connectivity index (χ4n) is 2.30. The molecule has 0 saturated carbocycles. The van der Waals surface area contributed by atoms with Crippen LogP contribution in [0.15, 0.2) is 9.98 Å².